The number of anilines is 1. The molecular weight excluding hydrogens is 793 g/mol. The molecule has 7 rings (SSSR count). The fourth-order valence-corrected chi connectivity index (χ4v) is 12.5. The number of ether oxygens (including phenoxy) is 8. The predicted molar refractivity (Wildman–Crippen MR) is 234 cm³/mol. The molecule has 1 aromatic carbocycles. The summed E-state index contributed by atoms with van der Waals surface area (Å²) in [7, 11) is 9.08. The number of cyclic esters (lactones) is 1. The van der Waals surface area contributed by atoms with Crippen LogP contribution in [0.15, 0.2) is 29.8 Å². The van der Waals surface area contributed by atoms with E-state index in [1.807, 2.05) is 13.8 Å². The van der Waals surface area contributed by atoms with Crippen LogP contribution >= 0.6 is 0 Å². The third-order valence-electron chi connectivity index (χ3n) is 15.4. The van der Waals surface area contributed by atoms with Gasteiger partial charge in [0, 0.05) is 44.9 Å². The minimum absolute atomic E-state index is 0.00216. The molecule has 2 saturated carbocycles. The second kappa shape index (κ2) is 20.4. The number of carbonyl (C=O) groups is 2. The lowest BCUT2D eigenvalue weighted by atomic mass is 9.62. The number of ketones is 1. The highest BCUT2D eigenvalue weighted by atomic mass is 16.7. The summed E-state index contributed by atoms with van der Waals surface area (Å²) in [5, 5.41) is 16.5. The van der Waals surface area contributed by atoms with Crippen LogP contribution in [0.3, 0.4) is 0 Å². The highest BCUT2D eigenvalue weighted by Crippen LogP contribution is 2.57. The van der Waals surface area contributed by atoms with Gasteiger partial charge in [0.2, 0.25) is 0 Å². The zero-order valence-electron chi connectivity index (χ0n) is 39.1. The summed E-state index contributed by atoms with van der Waals surface area (Å²) in [6, 6.07) is 6.17. The maximum absolute atomic E-state index is 15.2. The molecule has 3 aliphatic heterocycles. The van der Waals surface area contributed by atoms with Crippen molar-refractivity contribution >= 4 is 17.4 Å². The molecule has 13 heteroatoms. The van der Waals surface area contributed by atoms with Gasteiger partial charge < -0.3 is 53.2 Å². The number of carbonyl (C=O) groups excluding carboxylic acids is 2. The Bertz CT molecular complexity index is 1700. The zero-order chi connectivity index (χ0) is 44.6. The molecule has 5 fully saturated rings. The first-order valence-electron chi connectivity index (χ1n) is 23.5. The second-order valence-electron chi connectivity index (χ2n) is 19.6. The van der Waals surface area contributed by atoms with Gasteiger partial charge in [0.05, 0.1) is 43.0 Å². The molecule has 19 atom stereocenters. The fraction of sp³-hybridized carbons (Fsp3) is 0.796. The van der Waals surface area contributed by atoms with E-state index in [1.54, 1.807) is 21.3 Å². The summed E-state index contributed by atoms with van der Waals surface area (Å²) in [4.78, 5) is 31.5. The van der Waals surface area contributed by atoms with Gasteiger partial charge in [0.1, 0.15) is 24.4 Å². The van der Waals surface area contributed by atoms with Crippen LogP contribution in [0.2, 0.25) is 0 Å². The molecule has 0 spiro atoms. The molecule has 4 unspecified atom stereocenters. The first-order chi connectivity index (χ1) is 29.6. The lowest BCUT2D eigenvalue weighted by Crippen LogP contribution is -2.59. The topological polar surface area (TPSA) is 143 Å². The SMILES string of the molecule is CC[C@H]1CCC[C@H](O[C@H]2CC[C@H](N(C)C)C(C)O2)[C@@H](C)C(=O)C2=C[C@H]3[C@@H]4C[C@H](O[C@@H]5OC(C)[C@H](OC)C(OC)C5OC)C[C@H]4[C@@H](O)[C@H](Nc4cc(C)cc(C)c4)[C@H]3[C@@H]2CC(=O)O1. The van der Waals surface area contributed by atoms with E-state index < -0.39 is 48.8 Å². The average molecular weight is 869 g/mol. The summed E-state index contributed by atoms with van der Waals surface area (Å²) in [5.41, 5.74) is 3.77. The van der Waals surface area contributed by atoms with E-state index >= 15 is 4.79 Å². The van der Waals surface area contributed by atoms with Crippen LogP contribution in [-0.4, -0.2) is 137 Å². The molecule has 6 aliphatic rings. The number of benzene rings is 1. The van der Waals surface area contributed by atoms with Gasteiger partial charge in [-0.2, -0.15) is 0 Å². The molecule has 3 saturated heterocycles. The highest BCUT2D eigenvalue weighted by Gasteiger charge is 2.60. The smallest absolute Gasteiger partial charge is 0.306 e. The largest absolute Gasteiger partial charge is 0.462 e. The van der Waals surface area contributed by atoms with E-state index in [0.717, 1.165) is 36.1 Å². The number of hydrogen-bond acceptors (Lipinski definition) is 13. The van der Waals surface area contributed by atoms with E-state index in [0.29, 0.717) is 43.7 Å². The maximum atomic E-state index is 15.2. The minimum atomic E-state index is -0.793. The number of nitrogens with one attached hydrogen (secondary N) is 1. The molecule has 2 N–H and O–H groups in total. The van der Waals surface area contributed by atoms with Crippen molar-refractivity contribution in [3.05, 3.63) is 41.0 Å². The molecule has 0 amide bonds. The van der Waals surface area contributed by atoms with Gasteiger partial charge in [-0.25, -0.2) is 0 Å². The van der Waals surface area contributed by atoms with Gasteiger partial charge in [-0.15, -0.1) is 0 Å². The Kier molecular flexibility index (Phi) is 15.6. The molecule has 348 valence electrons. The molecule has 0 aromatic heterocycles. The molecule has 1 aromatic rings. The van der Waals surface area contributed by atoms with Crippen molar-refractivity contribution in [3.8, 4) is 0 Å². The van der Waals surface area contributed by atoms with Crippen molar-refractivity contribution in [1.82, 2.24) is 4.90 Å². The van der Waals surface area contributed by atoms with E-state index in [4.69, 9.17) is 37.9 Å². The van der Waals surface area contributed by atoms with Crippen molar-refractivity contribution in [2.24, 2.45) is 35.5 Å². The Balaban J connectivity index is 1.22. The number of fused-ring (bicyclic) bond motifs is 5. The van der Waals surface area contributed by atoms with Gasteiger partial charge in [-0.3, -0.25) is 9.59 Å². The lowest BCUT2D eigenvalue weighted by molar-refractivity contribution is -0.314. The van der Waals surface area contributed by atoms with Crippen LogP contribution in [0, 0.1) is 49.4 Å². The summed E-state index contributed by atoms with van der Waals surface area (Å²) in [5.74, 6) is -1.80. The van der Waals surface area contributed by atoms with Crippen LogP contribution in [0.5, 0.6) is 0 Å². The van der Waals surface area contributed by atoms with Crippen molar-refractivity contribution in [3.63, 3.8) is 0 Å². The second-order valence-corrected chi connectivity index (χ2v) is 19.6. The number of nitrogens with zero attached hydrogens (tertiary/aromatic N) is 1. The van der Waals surface area contributed by atoms with Crippen molar-refractivity contribution < 1.29 is 52.6 Å². The van der Waals surface area contributed by atoms with E-state index in [9.17, 15) is 9.90 Å². The van der Waals surface area contributed by atoms with Crippen LogP contribution < -0.4 is 5.32 Å². The molecule has 0 bridgehead atoms. The third-order valence-corrected chi connectivity index (χ3v) is 15.4. The number of aliphatic hydroxyl groups is 1. The molecular formula is C49H76N2O11. The number of rotatable bonds is 11. The molecule has 62 heavy (non-hydrogen) atoms. The molecule has 0 radical (unpaired) electrons. The number of aliphatic hydroxyl groups excluding tert-OH is 1. The van der Waals surface area contributed by atoms with Gasteiger partial charge in [0.25, 0.3) is 0 Å². The summed E-state index contributed by atoms with van der Waals surface area (Å²) in [6.07, 6.45) is 3.60. The van der Waals surface area contributed by atoms with Crippen molar-refractivity contribution in [2.45, 2.75) is 179 Å². The number of Topliss-reactive ketones (excluding diaryl/α,β-unsaturated/α-hetero) is 1. The van der Waals surface area contributed by atoms with Crippen molar-refractivity contribution in [1.29, 1.82) is 0 Å². The number of esters is 1. The first-order valence-corrected chi connectivity index (χ1v) is 23.5. The van der Waals surface area contributed by atoms with Gasteiger partial charge in [-0.1, -0.05) is 26.0 Å². The summed E-state index contributed by atoms with van der Waals surface area (Å²) < 4.78 is 50.3. The molecule has 3 aliphatic carbocycles. The van der Waals surface area contributed by atoms with E-state index in [1.165, 1.54) is 0 Å². The summed E-state index contributed by atoms with van der Waals surface area (Å²) >= 11 is 0. The number of methoxy groups -OCH3 is 3. The predicted octanol–water partition coefficient (Wildman–Crippen LogP) is 6.39. The third kappa shape index (κ3) is 9.87. The standard InChI is InChI=1S/C49H76N2O11/c1-12-31-14-13-15-39(62-41-17-16-38(51(7)8)28(5)58-41)27(4)44(53)37-23-34-33-21-32(61-49-48(57-11)47(56-10)46(55-9)29(6)59-49)22-36(33)45(54)43(42(34)35(37)24-40(52)60-31)50-30-19-25(2)18-26(3)20-30/h18-20,23,27-29,31-36,38-39,41-43,45-50,54H,12-17,21-22,24H2,1-11H3/t27-,28?,29?,31+,32+,33+,34+,35-,36-,38+,39+,41+,42-,43-,45-,46+,47?,48?,49+/m1/s1. The minimum Gasteiger partial charge on any atom is -0.462 e. The lowest BCUT2D eigenvalue weighted by Gasteiger charge is -2.48. The Labute approximate surface area is 370 Å². The average Bonchev–Trinajstić information content (AvgIpc) is 3.81. The van der Waals surface area contributed by atoms with E-state index in [2.05, 4.69) is 76.3 Å². The normalized spacial score (nSPS) is 42.9. The summed E-state index contributed by atoms with van der Waals surface area (Å²) in [6.45, 7) is 12.2. The van der Waals surface area contributed by atoms with Crippen LogP contribution in [0.25, 0.3) is 0 Å². The number of aryl methyl sites for hydroxylation is 2. The van der Waals surface area contributed by atoms with Gasteiger partial charge >= 0.3 is 5.97 Å². The van der Waals surface area contributed by atoms with E-state index in [-0.39, 0.29) is 78.5 Å². The Hall–Kier alpha value is -2.46. The van der Waals surface area contributed by atoms with Gasteiger partial charge in [0.15, 0.2) is 18.4 Å². The highest BCUT2D eigenvalue weighted by molar-refractivity contribution is 5.99. The Morgan fingerprint density at radius 2 is 1.53 bits per heavy atom. The van der Waals surface area contributed by atoms with Crippen LogP contribution in [-0.2, 0) is 47.5 Å². The van der Waals surface area contributed by atoms with Crippen molar-refractivity contribution in [2.75, 3.05) is 40.7 Å². The maximum Gasteiger partial charge on any atom is 0.306 e. The molecule has 3 heterocycles. The zero-order valence-corrected chi connectivity index (χ0v) is 39.1. The monoisotopic (exact) mass is 869 g/mol. The fourth-order valence-electron chi connectivity index (χ4n) is 12.5. The number of likely N-dealkylation sites (N-methyl/N-ethyl adjacent to an activating group) is 1. The van der Waals surface area contributed by atoms with Crippen LogP contribution in [0.1, 0.15) is 96.6 Å². The Morgan fingerprint density at radius 1 is 0.839 bits per heavy atom. The molecule has 13 nitrogen and oxygen atoms in total. The quantitative estimate of drug-likeness (QED) is 0.238. The number of hydrogen-bond donors (Lipinski definition) is 2. The van der Waals surface area contributed by atoms with Gasteiger partial charge in [-0.05, 0) is 146 Å². The van der Waals surface area contributed by atoms with Crippen LogP contribution in [0.4, 0.5) is 5.69 Å². The first kappa shape index (κ1) is 47.5. The number of allylic oxidation sites excluding steroid dienone is 2. The Morgan fingerprint density at radius 3 is 2.18 bits per heavy atom.